The van der Waals surface area contributed by atoms with E-state index in [1.165, 1.54) is 52.4 Å². The highest BCUT2D eigenvalue weighted by Gasteiger charge is 2.77. The monoisotopic (exact) mass is 536 g/mol. The number of carbonyl (C=O) groups is 2. The van der Waals surface area contributed by atoms with Gasteiger partial charge in [0.05, 0.1) is 16.4 Å². The van der Waals surface area contributed by atoms with Gasteiger partial charge in [-0.3, -0.25) is 9.59 Å². The summed E-state index contributed by atoms with van der Waals surface area (Å²) < 4.78 is 18.2. The van der Waals surface area contributed by atoms with Crippen LogP contribution in [0, 0.1) is 46.3 Å². The van der Waals surface area contributed by atoms with Crippen molar-refractivity contribution in [2.24, 2.45) is 46.3 Å². The van der Waals surface area contributed by atoms with Gasteiger partial charge in [-0.1, -0.05) is 47.0 Å². The maximum Gasteiger partial charge on any atom is 0.304 e. The van der Waals surface area contributed by atoms with Crippen LogP contribution in [0.1, 0.15) is 112 Å². The largest absolute Gasteiger partial charge is 0.462 e. The van der Waals surface area contributed by atoms with E-state index < -0.39 is 16.6 Å². The van der Waals surface area contributed by atoms with Gasteiger partial charge >= 0.3 is 11.9 Å². The average Bonchev–Trinajstić information content (AvgIpc) is 3.20. The molecule has 1 heterocycles. The lowest BCUT2D eigenvalue weighted by atomic mass is 9.43. The van der Waals surface area contributed by atoms with Crippen LogP contribution in [-0.2, 0) is 23.8 Å². The smallest absolute Gasteiger partial charge is 0.304 e. The zero-order chi connectivity index (χ0) is 26.8. The van der Waals surface area contributed by atoms with E-state index in [1.807, 2.05) is 0 Å². The van der Waals surface area contributed by atoms with E-state index in [1.54, 1.807) is 0 Å². The third-order valence-electron chi connectivity index (χ3n) is 11.8. The number of hydrogen-bond donors (Lipinski definition) is 0. The second-order valence-electron chi connectivity index (χ2n) is 14.1. The number of hydrogen-bond acceptors (Lipinski definition) is 5. The Morgan fingerprint density at radius 1 is 0.973 bits per heavy atom. The van der Waals surface area contributed by atoms with Gasteiger partial charge in [0.1, 0.15) is 6.10 Å². The van der Waals surface area contributed by atoms with Crippen LogP contribution < -0.4 is 0 Å². The second-order valence-corrected chi connectivity index (χ2v) is 14.8. The molecule has 4 aliphatic carbocycles. The number of alkyl halides is 1. The molecule has 0 radical (unpaired) electrons. The van der Waals surface area contributed by atoms with Crippen LogP contribution in [0.25, 0.3) is 0 Å². The summed E-state index contributed by atoms with van der Waals surface area (Å²) in [7, 11) is 0. The molecule has 1 aliphatic heterocycles. The summed E-state index contributed by atoms with van der Waals surface area (Å²) in [6.45, 7) is 12.7. The van der Waals surface area contributed by atoms with Gasteiger partial charge in [0, 0.05) is 20.3 Å². The molecule has 5 nitrogen and oxygen atoms in total. The Hall–Kier alpha value is -0.810. The van der Waals surface area contributed by atoms with E-state index in [-0.39, 0.29) is 24.1 Å². The molecule has 0 N–H and O–H groups in total. The van der Waals surface area contributed by atoms with Gasteiger partial charge < -0.3 is 14.2 Å². The summed E-state index contributed by atoms with van der Waals surface area (Å²) in [6, 6.07) is 0. The van der Waals surface area contributed by atoms with Crippen molar-refractivity contribution in [1.82, 2.24) is 0 Å². The topological polar surface area (TPSA) is 61.8 Å². The van der Waals surface area contributed by atoms with Crippen LogP contribution in [0.15, 0.2) is 0 Å². The number of fused-ring (bicyclic) bond motifs is 3. The third-order valence-corrected chi connectivity index (χ3v) is 12.5. The van der Waals surface area contributed by atoms with Gasteiger partial charge in [-0.15, -0.1) is 11.6 Å². The van der Waals surface area contributed by atoms with Crippen molar-refractivity contribution in [2.45, 2.75) is 136 Å². The zero-order valence-corrected chi connectivity index (χ0v) is 24.6. The van der Waals surface area contributed by atoms with E-state index in [9.17, 15) is 9.59 Å². The van der Waals surface area contributed by atoms with Crippen molar-refractivity contribution in [3.8, 4) is 0 Å². The van der Waals surface area contributed by atoms with Crippen molar-refractivity contribution in [2.75, 3.05) is 0 Å². The molecule has 0 aromatic carbocycles. The van der Waals surface area contributed by atoms with Crippen LogP contribution >= 0.6 is 11.6 Å². The predicted molar refractivity (Wildman–Crippen MR) is 144 cm³/mol. The van der Waals surface area contributed by atoms with Crippen LogP contribution in [-0.4, -0.2) is 35.3 Å². The maximum atomic E-state index is 12.2. The Bertz CT molecular complexity index is 891. The molecule has 1 saturated heterocycles. The first kappa shape index (κ1) is 27.7. The Morgan fingerprint density at radius 3 is 2.38 bits per heavy atom. The lowest BCUT2D eigenvalue weighted by molar-refractivity contribution is -0.203. The van der Waals surface area contributed by atoms with Crippen molar-refractivity contribution < 1.29 is 23.8 Å². The highest BCUT2D eigenvalue weighted by molar-refractivity contribution is 6.25. The number of rotatable bonds is 7. The Balaban J connectivity index is 1.41. The molecule has 0 unspecified atom stereocenters. The van der Waals surface area contributed by atoms with E-state index in [0.29, 0.717) is 29.6 Å². The Morgan fingerprint density at radius 2 is 1.70 bits per heavy atom. The molecule has 5 rings (SSSR count). The molecule has 2 bridgehead atoms. The Kier molecular flexibility index (Phi) is 7.49. The average molecular weight is 537 g/mol. The molecule has 5 aliphatic rings. The number of carbonyl (C=O) groups excluding carboxylic acids is 2. The minimum Gasteiger partial charge on any atom is -0.462 e. The number of ether oxygens (including phenoxy) is 3. The predicted octanol–water partition coefficient (Wildman–Crippen LogP) is 7.28. The van der Waals surface area contributed by atoms with Gasteiger partial charge in [-0.05, 0) is 85.9 Å². The molecule has 0 aromatic heterocycles. The maximum absolute atomic E-state index is 12.2. The van der Waals surface area contributed by atoms with Crippen molar-refractivity contribution in [1.29, 1.82) is 0 Å². The molecule has 11 atom stereocenters. The highest BCUT2D eigenvalue weighted by Crippen LogP contribution is 2.74. The normalized spacial score (nSPS) is 47.1. The summed E-state index contributed by atoms with van der Waals surface area (Å²) in [4.78, 5) is 23.3. The number of halogens is 1. The van der Waals surface area contributed by atoms with Crippen LogP contribution in [0.2, 0.25) is 0 Å². The van der Waals surface area contributed by atoms with Crippen molar-refractivity contribution >= 4 is 23.5 Å². The molecular formula is C31H49ClO5. The van der Waals surface area contributed by atoms with Gasteiger partial charge in [0.25, 0.3) is 0 Å². The van der Waals surface area contributed by atoms with Gasteiger partial charge in [-0.25, -0.2) is 0 Å². The van der Waals surface area contributed by atoms with E-state index in [4.69, 9.17) is 25.8 Å². The Labute approximate surface area is 229 Å². The third kappa shape index (κ3) is 4.37. The van der Waals surface area contributed by atoms with E-state index in [0.717, 1.165) is 43.4 Å². The lowest BCUT2D eigenvalue weighted by Gasteiger charge is -2.62. The van der Waals surface area contributed by atoms with Crippen molar-refractivity contribution in [3.63, 3.8) is 0 Å². The molecule has 4 saturated carbocycles. The van der Waals surface area contributed by atoms with Crippen LogP contribution in [0.4, 0.5) is 0 Å². The van der Waals surface area contributed by atoms with Gasteiger partial charge in [-0.2, -0.15) is 0 Å². The molecule has 6 heteroatoms. The zero-order valence-electron chi connectivity index (χ0n) is 23.9. The molecule has 5 fully saturated rings. The van der Waals surface area contributed by atoms with Crippen LogP contribution in [0.3, 0.4) is 0 Å². The highest BCUT2D eigenvalue weighted by atomic mass is 35.5. The molecule has 210 valence electrons. The molecule has 37 heavy (non-hydrogen) atoms. The summed E-state index contributed by atoms with van der Waals surface area (Å²) in [5, 5.41) is 0. The second kappa shape index (κ2) is 9.98. The summed E-state index contributed by atoms with van der Waals surface area (Å²) in [5.41, 5.74) is -0.0422. The SMILES string of the molecule is CC(=O)O[C@@H]1CC[C@@]23[C@H](OC(C)=O)O[C@@H](C[C@H]4[C@H]2CC[C@@]2(C)[C@@H]([C@H](C)CCCC(C)C)CC[C@@H]42)[C@@]3(Cl)C1. The summed E-state index contributed by atoms with van der Waals surface area (Å²) in [6.07, 6.45) is 11.0. The summed E-state index contributed by atoms with van der Waals surface area (Å²) >= 11 is 7.64. The first-order valence-corrected chi connectivity index (χ1v) is 15.5. The minimum atomic E-state index is -0.664. The fourth-order valence-corrected chi connectivity index (χ4v) is 11.0. The molecular weight excluding hydrogens is 488 g/mol. The quantitative estimate of drug-likeness (QED) is 0.253. The summed E-state index contributed by atoms with van der Waals surface area (Å²) in [5.74, 6) is 3.37. The molecule has 0 spiro atoms. The molecule has 0 amide bonds. The standard InChI is InChI=1S/C31H49ClO5/c1-18(2)8-7-9-19(3)24-10-11-25-23-16-27-31(32)17-22(35-20(4)33)12-15-30(31,28(37-27)36-21(5)34)26(23)13-14-29(24,25)6/h18-19,22-28H,7-17H2,1-6H3/t19-,22-,23-,24-,25+,26-,27+,28-,29+,30+,31+/m1/s1. The van der Waals surface area contributed by atoms with E-state index >= 15 is 0 Å². The van der Waals surface area contributed by atoms with Crippen LogP contribution in [0.5, 0.6) is 0 Å². The first-order valence-electron chi connectivity index (χ1n) is 15.1. The molecule has 0 aromatic rings. The first-order chi connectivity index (χ1) is 17.4. The minimum absolute atomic E-state index is 0.178. The van der Waals surface area contributed by atoms with Gasteiger partial charge in [0.2, 0.25) is 6.29 Å². The number of esters is 2. The fourth-order valence-electron chi connectivity index (χ4n) is 10.4. The van der Waals surface area contributed by atoms with Gasteiger partial charge in [0.15, 0.2) is 0 Å². The lowest BCUT2D eigenvalue weighted by Crippen LogP contribution is -2.65. The van der Waals surface area contributed by atoms with E-state index in [2.05, 4.69) is 27.7 Å². The fraction of sp³-hybridized carbons (Fsp3) is 0.935. The van der Waals surface area contributed by atoms with Crippen molar-refractivity contribution in [3.05, 3.63) is 0 Å².